The number of aromatic nitrogens is 2. The van der Waals surface area contributed by atoms with Crippen molar-refractivity contribution in [2.45, 2.75) is 6.92 Å². The van der Waals surface area contributed by atoms with Gasteiger partial charge in [0, 0.05) is 16.2 Å². The van der Waals surface area contributed by atoms with Crippen molar-refractivity contribution < 1.29 is 0 Å². The molecule has 0 saturated carbocycles. The van der Waals surface area contributed by atoms with Gasteiger partial charge in [0.15, 0.2) is 5.82 Å². The average molecular weight is 274 g/mol. The Kier molecular flexibility index (Phi) is 2.97. The van der Waals surface area contributed by atoms with Crippen LogP contribution in [0.2, 0.25) is 0 Å². The summed E-state index contributed by atoms with van der Waals surface area (Å²) in [7, 11) is 0. The molecule has 1 aromatic heterocycles. The Labute approximate surface area is 102 Å². The first-order valence-electron chi connectivity index (χ1n) is 4.71. The van der Waals surface area contributed by atoms with E-state index in [-0.39, 0.29) is 0 Å². The summed E-state index contributed by atoms with van der Waals surface area (Å²) in [6.07, 6.45) is 1.55. The van der Waals surface area contributed by atoms with Gasteiger partial charge in [0.05, 0.1) is 11.3 Å². The van der Waals surface area contributed by atoms with E-state index in [0.29, 0.717) is 17.1 Å². The largest absolute Gasteiger partial charge is 0.235 e. The van der Waals surface area contributed by atoms with E-state index < -0.39 is 0 Å². The zero-order valence-corrected chi connectivity index (χ0v) is 10.2. The normalized spacial score (nSPS) is 9.81. The Morgan fingerprint density at radius 2 is 2.06 bits per heavy atom. The highest BCUT2D eigenvalue weighted by Crippen LogP contribution is 2.25. The minimum absolute atomic E-state index is 0.510. The second kappa shape index (κ2) is 4.42. The minimum Gasteiger partial charge on any atom is -0.235 e. The van der Waals surface area contributed by atoms with Crippen LogP contribution in [0.25, 0.3) is 11.4 Å². The van der Waals surface area contributed by atoms with Gasteiger partial charge < -0.3 is 0 Å². The third-order valence-electron chi connectivity index (χ3n) is 2.21. The van der Waals surface area contributed by atoms with Gasteiger partial charge in [-0.25, -0.2) is 9.97 Å². The number of benzene rings is 1. The van der Waals surface area contributed by atoms with E-state index >= 15 is 0 Å². The number of aryl methyl sites for hydroxylation is 1. The number of nitriles is 1. The molecule has 2 rings (SSSR count). The molecule has 4 heteroatoms. The molecule has 0 amide bonds. The lowest BCUT2D eigenvalue weighted by molar-refractivity contribution is 1.09. The Balaban J connectivity index is 2.55. The molecule has 3 nitrogen and oxygen atoms in total. The maximum absolute atomic E-state index is 8.80. The van der Waals surface area contributed by atoms with Crippen molar-refractivity contribution in [3.8, 4) is 17.5 Å². The van der Waals surface area contributed by atoms with Crippen LogP contribution in [0.3, 0.4) is 0 Å². The van der Waals surface area contributed by atoms with Crippen LogP contribution in [-0.4, -0.2) is 9.97 Å². The molecule has 0 N–H and O–H groups in total. The van der Waals surface area contributed by atoms with Gasteiger partial charge in [0.1, 0.15) is 6.07 Å². The molecule has 0 unspecified atom stereocenters. The maximum Gasteiger partial charge on any atom is 0.160 e. The van der Waals surface area contributed by atoms with Gasteiger partial charge in [-0.15, -0.1) is 0 Å². The molecule has 0 fully saturated rings. The fourth-order valence-corrected chi connectivity index (χ4v) is 1.81. The Morgan fingerprint density at radius 1 is 1.31 bits per heavy atom. The van der Waals surface area contributed by atoms with Gasteiger partial charge >= 0.3 is 0 Å². The van der Waals surface area contributed by atoms with E-state index in [2.05, 4.69) is 32.0 Å². The van der Waals surface area contributed by atoms with E-state index in [9.17, 15) is 0 Å². The molecule has 16 heavy (non-hydrogen) atoms. The highest BCUT2D eigenvalue weighted by molar-refractivity contribution is 9.10. The van der Waals surface area contributed by atoms with Crippen LogP contribution in [-0.2, 0) is 0 Å². The monoisotopic (exact) mass is 273 g/mol. The molecular weight excluding hydrogens is 266 g/mol. The summed E-state index contributed by atoms with van der Waals surface area (Å²) in [5.41, 5.74) is 2.13. The molecule has 0 aliphatic carbocycles. The Hall–Kier alpha value is -1.73. The smallest absolute Gasteiger partial charge is 0.160 e. The van der Waals surface area contributed by atoms with Crippen molar-refractivity contribution in [2.75, 3.05) is 0 Å². The van der Waals surface area contributed by atoms with Gasteiger partial charge in [-0.1, -0.05) is 34.1 Å². The van der Waals surface area contributed by atoms with Crippen LogP contribution < -0.4 is 0 Å². The van der Waals surface area contributed by atoms with Crippen molar-refractivity contribution in [3.05, 3.63) is 46.2 Å². The lowest BCUT2D eigenvalue weighted by Gasteiger charge is -2.04. The van der Waals surface area contributed by atoms with E-state index in [1.54, 1.807) is 13.1 Å². The van der Waals surface area contributed by atoms with Crippen molar-refractivity contribution in [1.29, 1.82) is 5.26 Å². The zero-order chi connectivity index (χ0) is 11.5. The lowest BCUT2D eigenvalue weighted by Crippen LogP contribution is -1.95. The molecule has 0 radical (unpaired) electrons. The summed E-state index contributed by atoms with van der Waals surface area (Å²) in [5, 5.41) is 8.80. The molecule has 1 aromatic carbocycles. The fraction of sp³-hybridized carbons (Fsp3) is 0.0833. The third kappa shape index (κ3) is 1.95. The van der Waals surface area contributed by atoms with E-state index in [0.717, 1.165) is 10.0 Å². The van der Waals surface area contributed by atoms with Crippen LogP contribution >= 0.6 is 15.9 Å². The summed E-state index contributed by atoms with van der Waals surface area (Å²) in [6.45, 7) is 1.81. The Bertz CT molecular complexity index is 573. The van der Waals surface area contributed by atoms with Crippen molar-refractivity contribution in [3.63, 3.8) is 0 Å². The summed E-state index contributed by atoms with van der Waals surface area (Å²) < 4.78 is 0.944. The Morgan fingerprint density at radius 3 is 2.69 bits per heavy atom. The predicted molar refractivity (Wildman–Crippen MR) is 64.6 cm³/mol. The van der Waals surface area contributed by atoms with Crippen molar-refractivity contribution in [2.24, 2.45) is 0 Å². The summed E-state index contributed by atoms with van der Waals surface area (Å²) in [4.78, 5) is 8.49. The van der Waals surface area contributed by atoms with E-state index in [4.69, 9.17) is 5.26 Å². The zero-order valence-electron chi connectivity index (χ0n) is 8.61. The first-order valence-corrected chi connectivity index (χ1v) is 5.50. The molecule has 0 spiro atoms. The van der Waals surface area contributed by atoms with Crippen molar-refractivity contribution >= 4 is 15.9 Å². The van der Waals surface area contributed by atoms with Gasteiger partial charge in [-0.3, -0.25) is 0 Å². The quantitative estimate of drug-likeness (QED) is 0.802. The molecule has 2 aromatic rings. The molecule has 0 atom stereocenters. The molecular formula is C12H8BrN3. The first kappa shape index (κ1) is 10.8. The predicted octanol–water partition coefficient (Wildman–Crippen LogP) is 3.09. The molecule has 78 valence electrons. The number of nitrogens with zero attached hydrogens (tertiary/aromatic N) is 3. The van der Waals surface area contributed by atoms with Gasteiger partial charge in [-0.05, 0) is 13.0 Å². The molecule has 0 aliphatic heterocycles. The highest BCUT2D eigenvalue weighted by Gasteiger charge is 2.07. The average Bonchev–Trinajstić information content (AvgIpc) is 2.29. The van der Waals surface area contributed by atoms with Crippen molar-refractivity contribution in [1.82, 2.24) is 9.97 Å². The molecule has 1 heterocycles. The first-order chi connectivity index (χ1) is 7.72. The second-order valence-electron chi connectivity index (χ2n) is 3.28. The van der Waals surface area contributed by atoms with Gasteiger partial charge in [0.2, 0.25) is 0 Å². The van der Waals surface area contributed by atoms with E-state index in [1.807, 2.05) is 24.3 Å². The molecule has 0 aliphatic rings. The van der Waals surface area contributed by atoms with Gasteiger partial charge in [0.25, 0.3) is 0 Å². The van der Waals surface area contributed by atoms with Crippen LogP contribution in [0.4, 0.5) is 0 Å². The van der Waals surface area contributed by atoms with Crippen LogP contribution in [0.5, 0.6) is 0 Å². The number of halogens is 1. The minimum atomic E-state index is 0.510. The number of hydrogen-bond acceptors (Lipinski definition) is 3. The highest BCUT2D eigenvalue weighted by atomic mass is 79.9. The number of rotatable bonds is 1. The fourth-order valence-electron chi connectivity index (χ4n) is 1.35. The summed E-state index contributed by atoms with van der Waals surface area (Å²) in [6, 6.07) is 9.79. The topological polar surface area (TPSA) is 49.6 Å². The summed E-state index contributed by atoms with van der Waals surface area (Å²) >= 11 is 3.45. The number of hydrogen-bond donors (Lipinski definition) is 0. The third-order valence-corrected chi connectivity index (χ3v) is 2.91. The lowest BCUT2D eigenvalue weighted by atomic mass is 10.2. The molecule has 0 saturated heterocycles. The molecule has 0 bridgehead atoms. The second-order valence-corrected chi connectivity index (χ2v) is 4.14. The van der Waals surface area contributed by atoms with Gasteiger partial charge in [-0.2, -0.15) is 5.26 Å². The maximum atomic E-state index is 8.80. The van der Waals surface area contributed by atoms with Crippen LogP contribution in [0.1, 0.15) is 11.3 Å². The summed E-state index contributed by atoms with van der Waals surface area (Å²) in [5.74, 6) is 0.629. The standard InChI is InChI=1S/C12H8BrN3/c1-8-9(6-14)7-15-12(16-8)10-4-2-3-5-11(10)13/h2-5,7H,1H3. The SMILES string of the molecule is Cc1nc(-c2ccccc2Br)ncc1C#N. The van der Waals surface area contributed by atoms with E-state index in [1.165, 1.54) is 0 Å². The van der Waals surface area contributed by atoms with Crippen LogP contribution in [0.15, 0.2) is 34.9 Å². The van der Waals surface area contributed by atoms with Crippen LogP contribution in [0, 0.1) is 18.3 Å².